The molecular formula is C13H30ClO3P. The van der Waals surface area contributed by atoms with Crippen molar-refractivity contribution in [1.29, 1.82) is 0 Å². The van der Waals surface area contributed by atoms with Crippen molar-refractivity contribution in [3.8, 4) is 0 Å². The molecule has 0 spiro atoms. The summed E-state index contributed by atoms with van der Waals surface area (Å²) in [4.78, 5) is 0. The topological polar surface area (TPSA) is 60.7 Å². The van der Waals surface area contributed by atoms with E-state index in [0.29, 0.717) is 6.42 Å². The minimum atomic E-state index is -2.54. The van der Waals surface area contributed by atoms with Crippen LogP contribution in [-0.2, 0) is 0 Å². The zero-order valence-corrected chi connectivity index (χ0v) is 13.4. The Morgan fingerprint density at radius 3 is 1.61 bits per heavy atom. The van der Waals surface area contributed by atoms with Crippen LogP contribution in [0.4, 0.5) is 0 Å². The van der Waals surface area contributed by atoms with Crippen molar-refractivity contribution in [3.05, 3.63) is 0 Å². The molecule has 3 N–H and O–H groups in total. The van der Waals surface area contributed by atoms with E-state index in [1.54, 1.807) is 0 Å². The van der Waals surface area contributed by atoms with E-state index < -0.39 is 11.6 Å². The second-order valence-corrected chi connectivity index (χ2v) is 5.72. The zero-order valence-electron chi connectivity index (χ0n) is 11.5. The highest BCUT2D eigenvalue weighted by Gasteiger charge is 2.27. The zero-order chi connectivity index (χ0) is 13.1. The molecule has 0 aromatic rings. The molecule has 0 rings (SSSR count). The summed E-state index contributed by atoms with van der Waals surface area (Å²) in [7, 11) is 2.28. The maximum Gasteiger partial charge on any atom is 0.281 e. The molecule has 0 aliphatic rings. The summed E-state index contributed by atoms with van der Waals surface area (Å²) in [6.45, 7) is 2.22. The van der Waals surface area contributed by atoms with Crippen molar-refractivity contribution >= 4 is 21.6 Å². The van der Waals surface area contributed by atoms with Crippen LogP contribution in [0.2, 0.25) is 0 Å². The van der Waals surface area contributed by atoms with Gasteiger partial charge in [0.2, 0.25) is 0 Å². The number of hydrogen-bond donors (Lipinski definition) is 3. The van der Waals surface area contributed by atoms with Gasteiger partial charge in [0.15, 0.2) is 0 Å². The monoisotopic (exact) mass is 300 g/mol. The summed E-state index contributed by atoms with van der Waals surface area (Å²) in [6.07, 6.45) is 11.8. The van der Waals surface area contributed by atoms with Gasteiger partial charge in [-0.05, 0) is 6.42 Å². The minimum absolute atomic E-state index is 0. The van der Waals surface area contributed by atoms with Gasteiger partial charge in [0.1, 0.15) is 0 Å². The Balaban J connectivity index is 0. The predicted molar refractivity (Wildman–Crippen MR) is 82.0 cm³/mol. The van der Waals surface area contributed by atoms with E-state index in [2.05, 4.69) is 16.2 Å². The molecule has 18 heavy (non-hydrogen) atoms. The third kappa shape index (κ3) is 13.0. The fourth-order valence-corrected chi connectivity index (χ4v) is 2.10. The van der Waals surface area contributed by atoms with Crippen LogP contribution in [0.3, 0.4) is 0 Å². The number of aliphatic hydroxyl groups is 3. The van der Waals surface area contributed by atoms with Crippen LogP contribution in [0.15, 0.2) is 0 Å². The Kier molecular flexibility index (Phi) is 14.7. The van der Waals surface area contributed by atoms with Gasteiger partial charge in [-0.15, -0.1) is 21.6 Å². The molecule has 0 radical (unpaired) electrons. The lowest BCUT2D eigenvalue weighted by atomic mass is 10.1. The minimum Gasteiger partial charge on any atom is -0.343 e. The molecule has 2 unspecified atom stereocenters. The van der Waals surface area contributed by atoms with Gasteiger partial charge in [0, 0.05) is 0 Å². The highest BCUT2D eigenvalue weighted by atomic mass is 35.5. The lowest BCUT2D eigenvalue weighted by molar-refractivity contribution is -0.310. The summed E-state index contributed by atoms with van der Waals surface area (Å²) in [5.41, 5.74) is -0.549. The predicted octanol–water partition coefficient (Wildman–Crippen LogP) is 3.20. The molecule has 0 aromatic carbocycles. The Hall–Kier alpha value is 0.600. The number of rotatable bonds is 11. The lowest BCUT2D eigenvalue weighted by Crippen LogP contribution is -2.37. The van der Waals surface area contributed by atoms with Gasteiger partial charge in [-0.1, -0.05) is 64.7 Å². The van der Waals surface area contributed by atoms with Gasteiger partial charge in [0.25, 0.3) is 5.97 Å². The molecular weight excluding hydrogens is 271 g/mol. The van der Waals surface area contributed by atoms with Crippen LogP contribution in [0.5, 0.6) is 0 Å². The molecule has 0 heterocycles. The first-order valence-electron chi connectivity index (χ1n) is 6.91. The van der Waals surface area contributed by atoms with E-state index >= 15 is 0 Å². The fraction of sp³-hybridized carbons (Fsp3) is 1.00. The Labute approximate surface area is 120 Å². The highest BCUT2D eigenvalue weighted by molar-refractivity contribution is 7.17. The normalized spacial score (nSPS) is 13.2. The maximum absolute atomic E-state index is 8.90. The molecule has 112 valence electrons. The molecule has 5 heteroatoms. The molecule has 0 amide bonds. The van der Waals surface area contributed by atoms with Gasteiger partial charge >= 0.3 is 0 Å². The Morgan fingerprint density at radius 1 is 0.833 bits per heavy atom. The standard InChI is InChI=1S/C13H29O3P.ClH/c1-2-3-4-5-6-7-8-9-10-11-12(17)13(14,15)16;/h12,14-16H,2-11,17H2,1H3;1H. The van der Waals surface area contributed by atoms with E-state index in [1.807, 2.05) is 0 Å². The van der Waals surface area contributed by atoms with Gasteiger partial charge < -0.3 is 15.3 Å². The van der Waals surface area contributed by atoms with Crippen LogP contribution in [0, 0.1) is 0 Å². The van der Waals surface area contributed by atoms with Crippen molar-refractivity contribution in [3.63, 3.8) is 0 Å². The first kappa shape index (κ1) is 20.9. The average Bonchev–Trinajstić information content (AvgIpc) is 2.25. The Morgan fingerprint density at radius 2 is 1.22 bits per heavy atom. The van der Waals surface area contributed by atoms with Crippen molar-refractivity contribution in [2.24, 2.45) is 0 Å². The molecule has 3 nitrogen and oxygen atoms in total. The van der Waals surface area contributed by atoms with Crippen LogP contribution in [0.25, 0.3) is 0 Å². The maximum atomic E-state index is 8.90. The molecule has 0 aromatic heterocycles. The van der Waals surface area contributed by atoms with Crippen LogP contribution < -0.4 is 0 Å². The van der Waals surface area contributed by atoms with Gasteiger partial charge in [-0.25, -0.2) is 0 Å². The van der Waals surface area contributed by atoms with Gasteiger partial charge in [0.05, 0.1) is 5.66 Å². The van der Waals surface area contributed by atoms with Crippen molar-refractivity contribution < 1.29 is 15.3 Å². The summed E-state index contributed by atoms with van der Waals surface area (Å²) in [5, 5.41) is 26.7. The SMILES string of the molecule is CCCCCCCCCCCC(P)C(O)(O)O.Cl. The van der Waals surface area contributed by atoms with E-state index in [1.165, 1.54) is 44.9 Å². The quantitative estimate of drug-likeness (QED) is 0.312. The first-order valence-corrected chi connectivity index (χ1v) is 7.57. The molecule has 0 saturated heterocycles. The molecule has 0 bridgehead atoms. The molecule has 0 fully saturated rings. The summed E-state index contributed by atoms with van der Waals surface area (Å²) >= 11 is 0. The first-order chi connectivity index (χ1) is 7.98. The summed E-state index contributed by atoms with van der Waals surface area (Å²) < 4.78 is 0. The van der Waals surface area contributed by atoms with E-state index in [0.717, 1.165) is 12.8 Å². The third-order valence-electron chi connectivity index (χ3n) is 3.12. The third-order valence-corrected chi connectivity index (χ3v) is 3.90. The summed E-state index contributed by atoms with van der Waals surface area (Å²) in [5.74, 6) is -2.54. The van der Waals surface area contributed by atoms with E-state index in [9.17, 15) is 0 Å². The van der Waals surface area contributed by atoms with Crippen LogP contribution in [-0.4, -0.2) is 27.0 Å². The molecule has 0 saturated carbocycles. The van der Waals surface area contributed by atoms with E-state index in [-0.39, 0.29) is 12.4 Å². The van der Waals surface area contributed by atoms with Crippen molar-refractivity contribution in [2.75, 3.05) is 0 Å². The summed E-state index contributed by atoms with van der Waals surface area (Å²) in [6, 6.07) is 0. The fourth-order valence-electron chi connectivity index (χ4n) is 1.87. The highest BCUT2D eigenvalue weighted by Crippen LogP contribution is 2.20. The van der Waals surface area contributed by atoms with Gasteiger partial charge in [-0.2, -0.15) is 0 Å². The van der Waals surface area contributed by atoms with E-state index in [4.69, 9.17) is 15.3 Å². The van der Waals surface area contributed by atoms with Crippen molar-refractivity contribution in [2.45, 2.75) is 82.8 Å². The smallest absolute Gasteiger partial charge is 0.281 e. The van der Waals surface area contributed by atoms with Crippen LogP contribution in [0.1, 0.15) is 71.1 Å². The second-order valence-electron chi connectivity index (χ2n) is 4.91. The second kappa shape index (κ2) is 12.6. The number of unbranched alkanes of at least 4 members (excludes halogenated alkanes) is 8. The average molecular weight is 301 g/mol. The number of halogens is 1. The number of hydrogen-bond acceptors (Lipinski definition) is 3. The molecule has 2 atom stereocenters. The Bertz CT molecular complexity index is 174. The lowest BCUT2D eigenvalue weighted by Gasteiger charge is -2.21. The van der Waals surface area contributed by atoms with Gasteiger partial charge in [-0.3, -0.25) is 0 Å². The molecule has 0 aliphatic heterocycles. The van der Waals surface area contributed by atoms with Crippen LogP contribution >= 0.6 is 21.6 Å². The van der Waals surface area contributed by atoms with Crippen molar-refractivity contribution in [1.82, 2.24) is 0 Å². The largest absolute Gasteiger partial charge is 0.343 e. The molecule has 0 aliphatic carbocycles.